The number of aromatic nitrogens is 1. The van der Waals surface area contributed by atoms with E-state index in [2.05, 4.69) is 10.3 Å². The van der Waals surface area contributed by atoms with Crippen LogP contribution in [-0.4, -0.2) is 16.5 Å². The molecule has 4 nitrogen and oxygen atoms in total. The lowest BCUT2D eigenvalue weighted by molar-refractivity contribution is 0.513. The van der Waals surface area contributed by atoms with Crippen molar-refractivity contribution >= 4 is 22.9 Å². The molecule has 0 saturated carbocycles. The highest BCUT2D eigenvalue weighted by molar-refractivity contribution is 7.80. The molecule has 0 aliphatic rings. The fourth-order valence-corrected chi connectivity index (χ4v) is 1.57. The van der Waals surface area contributed by atoms with Gasteiger partial charge in [-0.3, -0.25) is 4.98 Å². The van der Waals surface area contributed by atoms with Crippen LogP contribution in [0.5, 0.6) is 0 Å². The van der Waals surface area contributed by atoms with Gasteiger partial charge in [0.2, 0.25) is 0 Å². The number of hydrogen-bond donors (Lipinski definition) is 2. The molecule has 0 aliphatic carbocycles. The third kappa shape index (κ3) is 3.29. The van der Waals surface area contributed by atoms with Gasteiger partial charge in [0.25, 0.3) is 0 Å². The molecule has 0 amide bonds. The Balaban J connectivity index is 1.90. The van der Waals surface area contributed by atoms with Crippen LogP contribution < -0.4 is 11.1 Å². The molecule has 0 saturated heterocycles. The van der Waals surface area contributed by atoms with Gasteiger partial charge >= 0.3 is 0 Å². The molecule has 0 unspecified atom stereocenters. The molecule has 0 spiro atoms. The molecule has 2 heterocycles. The van der Waals surface area contributed by atoms with E-state index in [0.717, 1.165) is 24.4 Å². The Morgan fingerprint density at radius 1 is 1.47 bits per heavy atom. The summed E-state index contributed by atoms with van der Waals surface area (Å²) < 4.78 is 5.24. The predicted octanol–water partition coefficient (Wildman–Crippen LogP) is 1.96. The number of rotatable bonds is 5. The minimum atomic E-state index is 0.305. The molecule has 0 aliphatic heterocycles. The van der Waals surface area contributed by atoms with Gasteiger partial charge < -0.3 is 15.5 Å². The Kier molecular flexibility index (Phi) is 3.72. The summed E-state index contributed by atoms with van der Waals surface area (Å²) in [4.78, 5) is 4.38. The van der Waals surface area contributed by atoms with Crippen LogP contribution in [0.1, 0.15) is 11.5 Å². The van der Waals surface area contributed by atoms with Gasteiger partial charge in [-0.1, -0.05) is 12.2 Å². The fraction of sp³-hybridized carbons (Fsp3) is 0.167. The zero-order valence-corrected chi connectivity index (χ0v) is 10.0. The Hall–Kier alpha value is -1.88. The number of hydrogen-bond acceptors (Lipinski definition) is 4. The van der Waals surface area contributed by atoms with E-state index in [9.17, 15) is 0 Å². The van der Waals surface area contributed by atoms with E-state index >= 15 is 0 Å². The highest BCUT2D eigenvalue weighted by atomic mass is 32.1. The molecule has 3 N–H and O–H groups in total. The van der Waals surface area contributed by atoms with Crippen molar-refractivity contribution in [2.75, 3.05) is 11.9 Å². The van der Waals surface area contributed by atoms with E-state index in [0.29, 0.717) is 10.7 Å². The average Bonchev–Trinajstić information content (AvgIpc) is 2.82. The van der Waals surface area contributed by atoms with E-state index in [-0.39, 0.29) is 0 Å². The molecule has 2 aromatic heterocycles. The summed E-state index contributed by atoms with van der Waals surface area (Å²) in [5.41, 5.74) is 7.10. The van der Waals surface area contributed by atoms with Gasteiger partial charge in [-0.25, -0.2) is 0 Å². The summed E-state index contributed by atoms with van der Waals surface area (Å²) in [6.07, 6.45) is 4.19. The molecule has 88 valence electrons. The maximum atomic E-state index is 5.51. The van der Waals surface area contributed by atoms with E-state index in [1.165, 1.54) is 0 Å². The third-order valence-corrected chi connectivity index (χ3v) is 2.50. The summed E-state index contributed by atoms with van der Waals surface area (Å²) in [6.45, 7) is 0.786. The maximum absolute atomic E-state index is 5.51. The smallest absolute Gasteiger partial charge is 0.122 e. The number of furan rings is 1. The molecule has 0 bridgehead atoms. The zero-order chi connectivity index (χ0) is 12.1. The van der Waals surface area contributed by atoms with Crippen molar-refractivity contribution in [3.05, 3.63) is 48.2 Å². The van der Waals surface area contributed by atoms with Crippen LogP contribution in [0.2, 0.25) is 0 Å². The van der Waals surface area contributed by atoms with Crippen LogP contribution in [0.25, 0.3) is 0 Å². The van der Waals surface area contributed by atoms with Gasteiger partial charge in [-0.2, -0.15) is 0 Å². The molecule has 0 radical (unpaired) electrons. The predicted molar refractivity (Wildman–Crippen MR) is 71.0 cm³/mol. The van der Waals surface area contributed by atoms with Crippen LogP contribution in [0.4, 0.5) is 5.69 Å². The van der Waals surface area contributed by atoms with E-state index in [1.807, 2.05) is 24.3 Å². The number of nitrogens with zero attached hydrogens (tertiary/aromatic N) is 1. The third-order valence-electron chi connectivity index (χ3n) is 2.29. The minimum Gasteiger partial charge on any atom is -0.469 e. The second-order valence-corrected chi connectivity index (χ2v) is 3.99. The van der Waals surface area contributed by atoms with Crippen molar-refractivity contribution < 1.29 is 4.42 Å². The molecule has 0 atom stereocenters. The largest absolute Gasteiger partial charge is 0.469 e. The Bertz CT molecular complexity index is 496. The van der Waals surface area contributed by atoms with Crippen LogP contribution in [0.3, 0.4) is 0 Å². The van der Waals surface area contributed by atoms with Crippen LogP contribution in [-0.2, 0) is 6.42 Å². The lowest BCUT2D eigenvalue weighted by Gasteiger charge is -2.06. The summed E-state index contributed by atoms with van der Waals surface area (Å²) in [7, 11) is 0. The Labute approximate surface area is 105 Å². The molecular formula is C12H13N3OS. The topological polar surface area (TPSA) is 64.1 Å². The first-order valence-corrected chi connectivity index (χ1v) is 5.68. The zero-order valence-electron chi connectivity index (χ0n) is 9.22. The Morgan fingerprint density at radius 3 is 3.06 bits per heavy atom. The summed E-state index contributed by atoms with van der Waals surface area (Å²) in [5.74, 6) is 0.959. The van der Waals surface area contributed by atoms with Crippen LogP contribution >= 0.6 is 12.2 Å². The van der Waals surface area contributed by atoms with Crippen molar-refractivity contribution in [1.82, 2.24) is 4.98 Å². The minimum absolute atomic E-state index is 0.305. The van der Waals surface area contributed by atoms with E-state index in [4.69, 9.17) is 22.4 Å². The fourth-order valence-electron chi connectivity index (χ4n) is 1.46. The van der Waals surface area contributed by atoms with Gasteiger partial charge in [0.05, 0.1) is 12.0 Å². The quantitative estimate of drug-likeness (QED) is 0.791. The van der Waals surface area contributed by atoms with Crippen LogP contribution in [0, 0.1) is 0 Å². The number of nitrogens with one attached hydrogen (secondary N) is 1. The highest BCUT2D eigenvalue weighted by Gasteiger charge is 2.00. The first-order chi connectivity index (χ1) is 8.25. The summed E-state index contributed by atoms with van der Waals surface area (Å²) in [5, 5.41) is 3.26. The van der Waals surface area contributed by atoms with Crippen molar-refractivity contribution in [3.8, 4) is 0 Å². The van der Waals surface area contributed by atoms with Gasteiger partial charge in [0.15, 0.2) is 0 Å². The lowest BCUT2D eigenvalue weighted by Crippen LogP contribution is -2.12. The number of anilines is 1. The molecule has 17 heavy (non-hydrogen) atoms. The van der Waals surface area contributed by atoms with Crippen molar-refractivity contribution in [3.63, 3.8) is 0 Å². The van der Waals surface area contributed by atoms with E-state index in [1.54, 1.807) is 12.5 Å². The first-order valence-electron chi connectivity index (χ1n) is 5.28. The number of thiocarbonyl (C=S) groups is 1. The average molecular weight is 247 g/mol. The summed E-state index contributed by atoms with van der Waals surface area (Å²) in [6, 6.07) is 7.55. The Morgan fingerprint density at radius 2 is 2.35 bits per heavy atom. The molecule has 5 heteroatoms. The first kappa shape index (κ1) is 11.6. The lowest BCUT2D eigenvalue weighted by atomic mass is 10.3. The molecular weight excluding hydrogens is 234 g/mol. The van der Waals surface area contributed by atoms with Gasteiger partial charge in [-0.15, -0.1) is 0 Å². The molecule has 2 rings (SSSR count). The van der Waals surface area contributed by atoms with Gasteiger partial charge in [-0.05, 0) is 24.3 Å². The number of pyridine rings is 1. The monoisotopic (exact) mass is 247 g/mol. The molecule has 2 aromatic rings. The molecule has 0 aromatic carbocycles. The molecule has 0 fully saturated rings. The second kappa shape index (κ2) is 5.45. The SMILES string of the molecule is NC(=S)c1cc(NCCc2ccco2)ccn1. The highest BCUT2D eigenvalue weighted by Crippen LogP contribution is 2.08. The van der Waals surface area contributed by atoms with E-state index < -0.39 is 0 Å². The van der Waals surface area contributed by atoms with Crippen molar-refractivity contribution in [2.45, 2.75) is 6.42 Å². The second-order valence-electron chi connectivity index (χ2n) is 3.55. The van der Waals surface area contributed by atoms with Crippen molar-refractivity contribution in [1.29, 1.82) is 0 Å². The number of nitrogens with two attached hydrogens (primary N) is 1. The summed E-state index contributed by atoms with van der Waals surface area (Å²) >= 11 is 4.87. The van der Waals surface area contributed by atoms with Gasteiger partial charge in [0.1, 0.15) is 10.7 Å². The van der Waals surface area contributed by atoms with Gasteiger partial charge in [0, 0.05) is 24.8 Å². The van der Waals surface area contributed by atoms with Crippen LogP contribution in [0.15, 0.2) is 41.1 Å². The normalized spacial score (nSPS) is 10.1. The standard InChI is InChI=1S/C12H13N3OS/c13-12(17)11-8-9(3-5-15-11)14-6-4-10-2-1-7-16-10/h1-3,5,7-8H,4,6H2,(H2,13,17)(H,14,15). The maximum Gasteiger partial charge on any atom is 0.122 e. The van der Waals surface area contributed by atoms with Crippen molar-refractivity contribution in [2.24, 2.45) is 5.73 Å².